The van der Waals surface area contributed by atoms with E-state index < -0.39 is 23.9 Å². The van der Waals surface area contributed by atoms with Crippen LogP contribution in [0.2, 0.25) is 0 Å². The lowest BCUT2D eigenvalue weighted by molar-refractivity contribution is -0.274. The molecule has 1 aliphatic heterocycles. The fourth-order valence-electron chi connectivity index (χ4n) is 3.60. The molecule has 3 heterocycles. The van der Waals surface area contributed by atoms with E-state index in [0.717, 1.165) is 18.5 Å². The van der Waals surface area contributed by atoms with Gasteiger partial charge in [-0.15, -0.1) is 13.2 Å². The summed E-state index contributed by atoms with van der Waals surface area (Å²) in [7, 11) is 0. The third-order valence-electron chi connectivity index (χ3n) is 5.06. The molecule has 0 bridgehead atoms. The van der Waals surface area contributed by atoms with E-state index in [1.165, 1.54) is 33.5 Å². The Labute approximate surface area is 191 Å². The third-order valence-corrected chi connectivity index (χ3v) is 5.06. The van der Waals surface area contributed by atoms with Crippen molar-refractivity contribution in [1.29, 1.82) is 10.8 Å². The summed E-state index contributed by atoms with van der Waals surface area (Å²) in [5.41, 5.74) is 1.34. The predicted octanol–water partition coefficient (Wildman–Crippen LogP) is 3.94. The van der Waals surface area contributed by atoms with Gasteiger partial charge in [0.25, 0.3) is 5.56 Å². The zero-order valence-electron chi connectivity index (χ0n) is 17.9. The lowest BCUT2D eigenvalue weighted by atomic mass is 10.0. The molecule has 34 heavy (non-hydrogen) atoms. The van der Waals surface area contributed by atoms with Crippen LogP contribution in [0.1, 0.15) is 12.5 Å². The van der Waals surface area contributed by atoms with Crippen LogP contribution in [0.15, 0.2) is 59.5 Å². The molecule has 0 aliphatic carbocycles. The maximum Gasteiger partial charge on any atom is 0.573 e. The van der Waals surface area contributed by atoms with Gasteiger partial charge in [0.05, 0.1) is 12.0 Å². The number of anilines is 1. The minimum Gasteiger partial charge on any atom is -0.406 e. The number of nitrogens with zero attached hydrogens (tertiary/aromatic N) is 2. The van der Waals surface area contributed by atoms with Crippen molar-refractivity contribution in [2.75, 3.05) is 11.9 Å². The highest BCUT2D eigenvalue weighted by molar-refractivity contribution is 5.76. The number of ether oxygens (including phenoxy) is 2. The van der Waals surface area contributed by atoms with E-state index in [4.69, 9.17) is 15.6 Å². The van der Waals surface area contributed by atoms with Crippen molar-refractivity contribution < 1.29 is 22.6 Å². The Morgan fingerprint density at radius 1 is 1.18 bits per heavy atom. The molecular weight excluding hydrogens is 451 g/mol. The number of aromatic nitrogens is 2. The van der Waals surface area contributed by atoms with E-state index >= 15 is 0 Å². The van der Waals surface area contributed by atoms with Gasteiger partial charge < -0.3 is 14.8 Å². The van der Waals surface area contributed by atoms with Crippen LogP contribution >= 0.6 is 0 Å². The van der Waals surface area contributed by atoms with Crippen molar-refractivity contribution in [3.05, 3.63) is 76.1 Å². The van der Waals surface area contributed by atoms with E-state index in [1.807, 2.05) is 6.92 Å². The number of rotatable bonds is 6. The zero-order chi connectivity index (χ0) is 24.5. The first-order valence-corrected chi connectivity index (χ1v) is 10.2. The molecule has 0 amide bonds. The predicted molar refractivity (Wildman–Crippen MR) is 120 cm³/mol. The average Bonchev–Trinajstić information content (AvgIpc) is 2.79. The molecule has 11 heteroatoms. The molecule has 3 aromatic rings. The van der Waals surface area contributed by atoms with Crippen molar-refractivity contribution >= 4 is 18.2 Å². The van der Waals surface area contributed by atoms with Gasteiger partial charge in [-0.05, 0) is 55.5 Å². The molecule has 1 aliphatic rings. The fourth-order valence-corrected chi connectivity index (χ4v) is 3.60. The van der Waals surface area contributed by atoms with Crippen molar-refractivity contribution in [3.8, 4) is 22.6 Å². The largest absolute Gasteiger partial charge is 0.573 e. The summed E-state index contributed by atoms with van der Waals surface area (Å²) < 4.78 is 49.8. The Kier molecular flexibility index (Phi) is 6.12. The lowest BCUT2D eigenvalue weighted by Gasteiger charge is -2.26. The van der Waals surface area contributed by atoms with Gasteiger partial charge in [0.15, 0.2) is 0 Å². The summed E-state index contributed by atoms with van der Waals surface area (Å²) in [4.78, 5) is 13.6. The van der Waals surface area contributed by atoms with Crippen LogP contribution in [0.25, 0.3) is 22.9 Å². The monoisotopic (exact) mass is 471 g/mol. The first-order valence-electron chi connectivity index (χ1n) is 10.2. The molecule has 176 valence electrons. The number of alkyl halides is 3. The maximum atomic E-state index is 13.6. The molecule has 0 fully saturated rings. The van der Waals surface area contributed by atoms with Gasteiger partial charge in [-0.25, -0.2) is 0 Å². The second-order valence-electron chi connectivity index (χ2n) is 7.26. The lowest BCUT2D eigenvalue weighted by Crippen LogP contribution is -2.31. The molecule has 1 aromatic carbocycles. The quantitative estimate of drug-likeness (QED) is 0.374. The molecule has 0 saturated carbocycles. The topological polar surface area (TPSA) is 105 Å². The minimum atomic E-state index is -4.83. The molecule has 0 spiro atoms. The van der Waals surface area contributed by atoms with E-state index in [-0.39, 0.29) is 11.1 Å². The molecule has 3 N–H and O–H groups in total. The normalized spacial score (nSPS) is 14.9. The van der Waals surface area contributed by atoms with Gasteiger partial charge in [0, 0.05) is 29.5 Å². The van der Waals surface area contributed by atoms with Crippen molar-refractivity contribution in [2.24, 2.45) is 0 Å². The number of hydrogen-bond donors (Lipinski definition) is 3. The van der Waals surface area contributed by atoms with Gasteiger partial charge in [-0.1, -0.05) is 6.08 Å². The summed E-state index contributed by atoms with van der Waals surface area (Å²) in [6.45, 7) is 2.25. The molecular formula is C23H20F3N5O3. The molecule has 1 unspecified atom stereocenters. The average molecular weight is 471 g/mol. The Balaban J connectivity index is 1.90. The Morgan fingerprint density at radius 3 is 2.56 bits per heavy atom. The van der Waals surface area contributed by atoms with Gasteiger partial charge in [-0.3, -0.25) is 24.7 Å². The van der Waals surface area contributed by atoms with Gasteiger partial charge in [-0.2, -0.15) is 0 Å². The molecule has 4 rings (SSSR count). The fraction of sp³-hybridized carbons (Fsp3) is 0.174. The first kappa shape index (κ1) is 23.1. The highest BCUT2D eigenvalue weighted by atomic mass is 19.4. The summed E-state index contributed by atoms with van der Waals surface area (Å²) >= 11 is 0. The van der Waals surface area contributed by atoms with Crippen LogP contribution in [0.5, 0.6) is 5.75 Å². The van der Waals surface area contributed by atoms with Crippen LogP contribution in [-0.2, 0) is 4.74 Å². The molecule has 2 aromatic heterocycles. The zero-order valence-corrected chi connectivity index (χ0v) is 17.9. The number of nitrogens with one attached hydrogen (secondary N) is 3. The molecule has 0 saturated heterocycles. The summed E-state index contributed by atoms with van der Waals surface area (Å²) in [5, 5.41) is 18.5. The molecule has 8 nitrogen and oxygen atoms in total. The van der Waals surface area contributed by atoms with Gasteiger partial charge in [0.1, 0.15) is 23.3 Å². The first-order chi connectivity index (χ1) is 16.2. The van der Waals surface area contributed by atoms with Crippen LogP contribution in [0, 0.1) is 10.8 Å². The number of fused-ring (bicyclic) bond motifs is 1. The van der Waals surface area contributed by atoms with Crippen molar-refractivity contribution in [3.63, 3.8) is 0 Å². The van der Waals surface area contributed by atoms with E-state index in [1.54, 1.807) is 24.3 Å². The molecule has 1 atom stereocenters. The smallest absolute Gasteiger partial charge is 0.406 e. The van der Waals surface area contributed by atoms with E-state index in [2.05, 4.69) is 10.1 Å². The number of benzene rings is 1. The van der Waals surface area contributed by atoms with E-state index in [0.29, 0.717) is 29.2 Å². The van der Waals surface area contributed by atoms with Gasteiger partial charge >= 0.3 is 6.36 Å². The second kappa shape index (κ2) is 9.02. The van der Waals surface area contributed by atoms with Crippen LogP contribution in [-0.4, -0.2) is 34.7 Å². The summed E-state index contributed by atoms with van der Waals surface area (Å²) in [5.74, 6) is 0.00339. The maximum absolute atomic E-state index is 13.6. The highest BCUT2D eigenvalue weighted by Crippen LogP contribution is 2.30. The summed E-state index contributed by atoms with van der Waals surface area (Å²) in [6.07, 6.45) is 0.695. The third kappa shape index (κ3) is 4.64. The van der Waals surface area contributed by atoms with Crippen LogP contribution in [0.4, 0.5) is 19.0 Å². The Hall–Kier alpha value is -4.12. The number of halogens is 3. The molecule has 0 radical (unpaired) electrons. The van der Waals surface area contributed by atoms with E-state index in [9.17, 15) is 18.0 Å². The highest BCUT2D eigenvalue weighted by Gasteiger charge is 2.31. The Bertz CT molecular complexity index is 1370. The van der Waals surface area contributed by atoms with Crippen molar-refractivity contribution in [1.82, 2.24) is 9.13 Å². The number of hydrogen-bond acceptors (Lipinski definition) is 6. The van der Waals surface area contributed by atoms with Crippen LogP contribution in [0.3, 0.4) is 0 Å². The van der Waals surface area contributed by atoms with Crippen molar-refractivity contribution in [2.45, 2.75) is 19.5 Å². The SMILES string of the molecule is CCOC1C=Cc2cc(-c3ccc(=N)n(C=N)c3)c(=O)n(-c3ccc(OC(F)(F)F)cc3)c2N1. The Morgan fingerprint density at radius 2 is 1.91 bits per heavy atom. The number of pyridine rings is 2. The second-order valence-corrected chi connectivity index (χ2v) is 7.26. The summed E-state index contributed by atoms with van der Waals surface area (Å²) in [6, 6.07) is 9.70. The van der Waals surface area contributed by atoms with Crippen LogP contribution < -0.4 is 21.1 Å². The minimum absolute atomic E-state index is 0.0680. The van der Waals surface area contributed by atoms with Gasteiger partial charge in [0.2, 0.25) is 0 Å². The standard InChI is InChI=1S/C23H20F3N5O3/c1-2-33-20-10-4-14-11-18(15-3-9-19(28)30(12-15)13-27)22(32)31(21(14)29-20)16-5-7-17(8-6-16)34-23(24,25)26/h3-13,20,27-29H,2H2,1H3.